The molecule has 0 spiro atoms. The lowest BCUT2D eigenvalue weighted by atomic mass is 10.1. The first-order valence-electron chi connectivity index (χ1n) is 7.27. The van der Waals surface area contributed by atoms with Gasteiger partial charge in [-0.2, -0.15) is 0 Å². The molecular formula is C15H18N2O5. The van der Waals surface area contributed by atoms with Gasteiger partial charge in [-0.1, -0.05) is 0 Å². The number of likely N-dealkylation sites (N-methyl/N-ethyl adjacent to an activating group) is 1. The van der Waals surface area contributed by atoms with Crippen LogP contribution in [0.4, 0.5) is 5.69 Å². The number of ether oxygens (including phenoxy) is 3. The molecule has 2 heterocycles. The first-order valence-corrected chi connectivity index (χ1v) is 7.27. The van der Waals surface area contributed by atoms with Gasteiger partial charge in [0.15, 0.2) is 11.5 Å². The summed E-state index contributed by atoms with van der Waals surface area (Å²) in [6, 6.07) is 5.16. The molecule has 0 saturated carbocycles. The van der Waals surface area contributed by atoms with Crippen molar-refractivity contribution in [1.82, 2.24) is 4.90 Å². The first kappa shape index (κ1) is 14.6. The zero-order valence-electron chi connectivity index (χ0n) is 12.3. The van der Waals surface area contributed by atoms with Crippen LogP contribution in [0.25, 0.3) is 0 Å². The van der Waals surface area contributed by atoms with Gasteiger partial charge in [0, 0.05) is 24.8 Å². The van der Waals surface area contributed by atoms with Crippen LogP contribution in [0.5, 0.6) is 11.5 Å². The SMILES string of the molecule is CCN1CCO[C@H](CC(=O)Nc2ccc3c(c2)OCO3)C1=O. The standard InChI is InChI=1S/C15H18N2O5/c1-2-17-5-6-20-13(15(17)19)8-14(18)16-10-3-4-11-12(7-10)22-9-21-11/h3-4,7,13H,2,5-6,8-9H2,1H3,(H,16,18)/t13-/m1/s1. The average Bonchev–Trinajstić information content (AvgIpc) is 2.97. The van der Waals surface area contributed by atoms with Crippen LogP contribution < -0.4 is 14.8 Å². The minimum atomic E-state index is -0.706. The third-order valence-electron chi connectivity index (χ3n) is 3.68. The first-order chi connectivity index (χ1) is 10.7. The van der Waals surface area contributed by atoms with Crippen LogP contribution in [0, 0.1) is 0 Å². The molecule has 2 aliphatic heterocycles. The van der Waals surface area contributed by atoms with E-state index in [0.717, 1.165) is 0 Å². The minimum Gasteiger partial charge on any atom is -0.454 e. The maximum atomic E-state index is 12.1. The van der Waals surface area contributed by atoms with E-state index in [1.807, 2.05) is 6.92 Å². The molecule has 1 N–H and O–H groups in total. The molecule has 0 unspecified atom stereocenters. The van der Waals surface area contributed by atoms with Gasteiger partial charge in [-0.3, -0.25) is 9.59 Å². The van der Waals surface area contributed by atoms with Crippen LogP contribution in [-0.2, 0) is 14.3 Å². The van der Waals surface area contributed by atoms with Crippen molar-refractivity contribution < 1.29 is 23.8 Å². The number of nitrogens with one attached hydrogen (secondary N) is 1. The van der Waals surface area contributed by atoms with Crippen molar-refractivity contribution in [3.05, 3.63) is 18.2 Å². The Hall–Kier alpha value is -2.28. The predicted octanol–water partition coefficient (Wildman–Crippen LogP) is 0.991. The van der Waals surface area contributed by atoms with Gasteiger partial charge in [0.2, 0.25) is 12.7 Å². The Morgan fingerprint density at radius 3 is 3.00 bits per heavy atom. The molecule has 1 fully saturated rings. The summed E-state index contributed by atoms with van der Waals surface area (Å²) >= 11 is 0. The Morgan fingerprint density at radius 1 is 1.36 bits per heavy atom. The van der Waals surface area contributed by atoms with Crippen LogP contribution in [0.3, 0.4) is 0 Å². The lowest BCUT2D eigenvalue weighted by Gasteiger charge is -2.31. The number of carbonyl (C=O) groups is 2. The molecule has 22 heavy (non-hydrogen) atoms. The summed E-state index contributed by atoms with van der Waals surface area (Å²) in [5.41, 5.74) is 0.602. The zero-order valence-corrected chi connectivity index (χ0v) is 12.3. The maximum Gasteiger partial charge on any atom is 0.252 e. The Labute approximate surface area is 128 Å². The predicted molar refractivity (Wildman–Crippen MR) is 77.8 cm³/mol. The number of benzene rings is 1. The van der Waals surface area contributed by atoms with Crippen molar-refractivity contribution in [2.45, 2.75) is 19.4 Å². The van der Waals surface area contributed by atoms with Crippen LogP contribution in [-0.4, -0.2) is 49.3 Å². The van der Waals surface area contributed by atoms with Crippen molar-refractivity contribution in [3.8, 4) is 11.5 Å². The van der Waals surface area contributed by atoms with E-state index in [0.29, 0.717) is 36.9 Å². The van der Waals surface area contributed by atoms with E-state index in [2.05, 4.69) is 5.32 Å². The number of rotatable bonds is 4. The fourth-order valence-corrected chi connectivity index (χ4v) is 2.51. The monoisotopic (exact) mass is 306 g/mol. The summed E-state index contributed by atoms with van der Waals surface area (Å²) in [6.07, 6.45) is -0.702. The molecule has 3 rings (SSSR count). The number of carbonyl (C=O) groups excluding carboxylic acids is 2. The van der Waals surface area contributed by atoms with Gasteiger partial charge in [-0.05, 0) is 19.1 Å². The summed E-state index contributed by atoms with van der Waals surface area (Å²) in [4.78, 5) is 25.9. The Morgan fingerprint density at radius 2 is 2.18 bits per heavy atom. The highest BCUT2D eigenvalue weighted by Crippen LogP contribution is 2.34. The van der Waals surface area contributed by atoms with Gasteiger partial charge >= 0.3 is 0 Å². The molecule has 1 atom stereocenters. The molecule has 1 saturated heterocycles. The minimum absolute atomic E-state index is 0.00375. The van der Waals surface area contributed by atoms with Gasteiger partial charge < -0.3 is 24.4 Å². The molecule has 1 aromatic rings. The van der Waals surface area contributed by atoms with Gasteiger partial charge in [0.05, 0.1) is 13.0 Å². The van der Waals surface area contributed by atoms with Crippen LogP contribution >= 0.6 is 0 Å². The second-order valence-corrected chi connectivity index (χ2v) is 5.10. The number of amides is 2. The summed E-state index contributed by atoms with van der Waals surface area (Å²) in [5, 5.41) is 2.75. The third-order valence-corrected chi connectivity index (χ3v) is 3.68. The van der Waals surface area contributed by atoms with Gasteiger partial charge in [0.25, 0.3) is 5.91 Å². The van der Waals surface area contributed by atoms with Crippen LogP contribution in [0.15, 0.2) is 18.2 Å². The van der Waals surface area contributed by atoms with E-state index in [9.17, 15) is 9.59 Å². The molecule has 0 aliphatic carbocycles. The normalized spacial score (nSPS) is 20.1. The summed E-state index contributed by atoms with van der Waals surface area (Å²) < 4.78 is 15.9. The molecule has 0 bridgehead atoms. The molecule has 0 aromatic heterocycles. The Balaban J connectivity index is 1.59. The van der Waals surface area contributed by atoms with Crippen molar-refractivity contribution in [3.63, 3.8) is 0 Å². The molecule has 2 amide bonds. The lowest BCUT2D eigenvalue weighted by Crippen LogP contribution is -2.48. The Kier molecular flexibility index (Phi) is 4.15. The van der Waals surface area contributed by atoms with Crippen molar-refractivity contribution in [2.75, 3.05) is 31.8 Å². The van der Waals surface area contributed by atoms with Gasteiger partial charge in [-0.15, -0.1) is 0 Å². The van der Waals surface area contributed by atoms with E-state index >= 15 is 0 Å². The van der Waals surface area contributed by atoms with Gasteiger partial charge in [-0.25, -0.2) is 0 Å². The third kappa shape index (κ3) is 2.99. The summed E-state index contributed by atoms with van der Waals surface area (Å²) in [6.45, 7) is 3.76. The molecule has 7 heteroatoms. The Bertz CT molecular complexity index is 589. The second-order valence-electron chi connectivity index (χ2n) is 5.10. The van der Waals surface area contributed by atoms with E-state index in [4.69, 9.17) is 14.2 Å². The van der Waals surface area contributed by atoms with Crippen LogP contribution in [0.2, 0.25) is 0 Å². The highest BCUT2D eigenvalue weighted by Gasteiger charge is 2.30. The van der Waals surface area contributed by atoms with Crippen LogP contribution in [0.1, 0.15) is 13.3 Å². The zero-order chi connectivity index (χ0) is 15.5. The van der Waals surface area contributed by atoms with E-state index < -0.39 is 6.10 Å². The maximum absolute atomic E-state index is 12.1. The lowest BCUT2D eigenvalue weighted by molar-refractivity contribution is -0.154. The average molecular weight is 306 g/mol. The molecular weight excluding hydrogens is 288 g/mol. The number of hydrogen-bond acceptors (Lipinski definition) is 5. The number of nitrogens with zero attached hydrogens (tertiary/aromatic N) is 1. The number of morpholine rings is 1. The second kappa shape index (κ2) is 6.23. The number of anilines is 1. The van der Waals surface area contributed by atoms with E-state index in [1.165, 1.54) is 0 Å². The molecule has 2 aliphatic rings. The summed E-state index contributed by atoms with van der Waals surface area (Å²) in [7, 11) is 0. The van der Waals surface area contributed by atoms with E-state index in [1.54, 1.807) is 23.1 Å². The fraction of sp³-hybridized carbons (Fsp3) is 0.467. The van der Waals surface area contributed by atoms with Crippen molar-refractivity contribution in [1.29, 1.82) is 0 Å². The number of fused-ring (bicyclic) bond motifs is 1. The molecule has 7 nitrogen and oxygen atoms in total. The largest absolute Gasteiger partial charge is 0.454 e. The number of hydrogen-bond donors (Lipinski definition) is 1. The highest BCUT2D eigenvalue weighted by molar-refractivity contribution is 5.95. The fourth-order valence-electron chi connectivity index (χ4n) is 2.51. The molecule has 118 valence electrons. The molecule has 0 radical (unpaired) electrons. The smallest absolute Gasteiger partial charge is 0.252 e. The van der Waals surface area contributed by atoms with Crippen molar-refractivity contribution >= 4 is 17.5 Å². The quantitative estimate of drug-likeness (QED) is 0.897. The topological polar surface area (TPSA) is 77.1 Å². The molecule has 1 aromatic carbocycles. The van der Waals surface area contributed by atoms with Crippen molar-refractivity contribution in [2.24, 2.45) is 0 Å². The van der Waals surface area contributed by atoms with Gasteiger partial charge in [0.1, 0.15) is 6.10 Å². The highest BCUT2D eigenvalue weighted by atomic mass is 16.7. The summed E-state index contributed by atoms with van der Waals surface area (Å²) in [5.74, 6) is 0.854. The van der Waals surface area contributed by atoms with E-state index in [-0.39, 0.29) is 25.0 Å².